The van der Waals surface area contributed by atoms with Crippen molar-refractivity contribution in [3.05, 3.63) is 70.2 Å². The van der Waals surface area contributed by atoms with Crippen LogP contribution in [0.2, 0.25) is 0 Å². The van der Waals surface area contributed by atoms with Gasteiger partial charge in [-0.15, -0.1) is 0 Å². The number of carboxylic acids is 1. The van der Waals surface area contributed by atoms with Gasteiger partial charge in [0.25, 0.3) is 0 Å². The Kier molecular flexibility index (Phi) is 7.25. The van der Waals surface area contributed by atoms with Crippen LogP contribution in [0, 0.1) is 19.7 Å². The molecular weight excluding hydrogens is 499 g/mol. The van der Waals surface area contributed by atoms with Gasteiger partial charge in [0.1, 0.15) is 23.1 Å². The summed E-state index contributed by atoms with van der Waals surface area (Å²) in [4.78, 5) is 15.6. The monoisotopic (exact) mass is 534 g/mol. The summed E-state index contributed by atoms with van der Waals surface area (Å²) in [6.07, 6.45) is 3.64. The molecule has 0 saturated carbocycles. The van der Waals surface area contributed by atoms with E-state index in [1.807, 2.05) is 32.0 Å². The maximum atomic E-state index is 15.3. The number of halogens is 1. The number of hydrogen-bond donors (Lipinski definition) is 3. The van der Waals surface area contributed by atoms with Crippen LogP contribution in [0.5, 0.6) is 11.5 Å². The molecule has 0 saturated heterocycles. The number of rotatable bonds is 9. The molecule has 0 radical (unpaired) electrons. The topological polar surface area (TPSA) is 101 Å². The normalized spacial score (nSPS) is 17.9. The van der Waals surface area contributed by atoms with Gasteiger partial charge in [0.05, 0.1) is 31.3 Å². The third-order valence-electron chi connectivity index (χ3n) is 7.61. The van der Waals surface area contributed by atoms with Gasteiger partial charge in [0.2, 0.25) is 0 Å². The van der Waals surface area contributed by atoms with Gasteiger partial charge in [-0.3, -0.25) is 4.79 Å². The van der Waals surface area contributed by atoms with E-state index in [-0.39, 0.29) is 24.2 Å². The highest BCUT2D eigenvalue weighted by Crippen LogP contribution is 2.44. The second-order valence-electron chi connectivity index (χ2n) is 11.3. The molecule has 1 aromatic heterocycles. The SMILES string of the molecule is Cc1cc(OCCC(C)(C)O)cc(C)c1-c1ccc(F)c2c1CCC2Nc1cc2c(cn1)[C@H](CC(=O)O)CO2. The van der Waals surface area contributed by atoms with E-state index in [1.54, 1.807) is 26.1 Å². The number of carbonyl (C=O) groups is 1. The lowest BCUT2D eigenvalue weighted by atomic mass is 9.90. The summed E-state index contributed by atoms with van der Waals surface area (Å²) in [6.45, 7) is 8.34. The first-order chi connectivity index (χ1) is 18.5. The number of nitrogens with one attached hydrogen (secondary N) is 1. The zero-order valence-corrected chi connectivity index (χ0v) is 22.8. The molecule has 0 fully saturated rings. The van der Waals surface area contributed by atoms with Crippen LogP contribution in [0.4, 0.5) is 10.2 Å². The van der Waals surface area contributed by atoms with Gasteiger partial charge in [0.15, 0.2) is 0 Å². The first-order valence-corrected chi connectivity index (χ1v) is 13.4. The van der Waals surface area contributed by atoms with Crippen LogP contribution in [-0.4, -0.2) is 40.0 Å². The maximum Gasteiger partial charge on any atom is 0.304 e. The highest BCUT2D eigenvalue weighted by atomic mass is 19.1. The number of aromatic nitrogens is 1. The Balaban J connectivity index is 1.38. The lowest BCUT2D eigenvalue weighted by Gasteiger charge is -2.20. The number of aryl methyl sites for hydroxylation is 2. The van der Waals surface area contributed by atoms with Crippen LogP contribution in [0.3, 0.4) is 0 Å². The van der Waals surface area contributed by atoms with Crippen LogP contribution in [0.15, 0.2) is 36.5 Å². The van der Waals surface area contributed by atoms with E-state index in [0.717, 1.165) is 52.0 Å². The van der Waals surface area contributed by atoms with Gasteiger partial charge < -0.3 is 25.0 Å². The Morgan fingerprint density at radius 1 is 1.23 bits per heavy atom. The largest absolute Gasteiger partial charge is 0.493 e. The molecule has 2 aliphatic rings. The predicted octanol–water partition coefficient (Wildman–Crippen LogP) is 6.09. The molecule has 3 N–H and O–H groups in total. The fourth-order valence-electron chi connectivity index (χ4n) is 5.74. The minimum atomic E-state index is -0.870. The summed E-state index contributed by atoms with van der Waals surface area (Å²) in [6, 6.07) is 8.94. The number of ether oxygens (including phenoxy) is 2. The van der Waals surface area contributed by atoms with E-state index >= 15 is 4.39 Å². The van der Waals surface area contributed by atoms with Gasteiger partial charge in [-0.05, 0) is 86.6 Å². The van der Waals surface area contributed by atoms with Crippen LogP contribution in [-0.2, 0) is 11.2 Å². The van der Waals surface area contributed by atoms with Crippen molar-refractivity contribution >= 4 is 11.8 Å². The summed E-state index contributed by atoms with van der Waals surface area (Å²) in [7, 11) is 0. The number of anilines is 1. The zero-order valence-electron chi connectivity index (χ0n) is 22.8. The lowest BCUT2D eigenvalue weighted by Crippen LogP contribution is -2.21. The Bertz CT molecular complexity index is 1390. The average Bonchev–Trinajstić information content (AvgIpc) is 3.44. The standard InChI is InChI=1S/C31H35FN2O5/c1-17-11-20(38-10-9-31(3,4)37)12-18(2)29(17)21-5-7-24(32)30-22(21)6-8-25(30)34-27-14-26-23(15-33-27)19(16-39-26)13-28(35)36/h5,7,11-12,14-15,19,25,37H,6,8-10,13,16H2,1-4H3,(H,33,34)(H,35,36)/t19-,25?/m1/s1. The molecule has 206 valence electrons. The first kappa shape index (κ1) is 26.9. The second kappa shape index (κ2) is 10.5. The van der Waals surface area contributed by atoms with Gasteiger partial charge >= 0.3 is 5.97 Å². The fraction of sp³-hybridized carbons (Fsp3) is 0.419. The number of hydrogen-bond acceptors (Lipinski definition) is 6. The third-order valence-corrected chi connectivity index (χ3v) is 7.61. The van der Waals surface area contributed by atoms with E-state index in [1.165, 1.54) is 6.07 Å². The number of pyridine rings is 1. The highest BCUT2D eigenvalue weighted by Gasteiger charge is 2.31. The van der Waals surface area contributed by atoms with Crippen LogP contribution < -0.4 is 14.8 Å². The molecule has 39 heavy (non-hydrogen) atoms. The summed E-state index contributed by atoms with van der Waals surface area (Å²) < 4.78 is 26.9. The maximum absolute atomic E-state index is 15.3. The Morgan fingerprint density at radius 3 is 2.67 bits per heavy atom. The summed E-state index contributed by atoms with van der Waals surface area (Å²) in [5.41, 5.74) is 5.86. The molecule has 1 aliphatic heterocycles. The van der Waals surface area contributed by atoms with Gasteiger partial charge in [-0.1, -0.05) is 6.07 Å². The predicted molar refractivity (Wildman–Crippen MR) is 147 cm³/mol. The summed E-state index contributed by atoms with van der Waals surface area (Å²) in [5.74, 6) is 0.632. The Hall–Kier alpha value is -3.65. The van der Waals surface area contributed by atoms with E-state index in [9.17, 15) is 9.90 Å². The van der Waals surface area contributed by atoms with Crippen molar-refractivity contribution in [2.45, 2.75) is 70.9 Å². The molecule has 0 bridgehead atoms. The van der Waals surface area contributed by atoms with Crippen molar-refractivity contribution in [1.29, 1.82) is 0 Å². The number of aliphatic carboxylic acids is 1. The summed E-state index contributed by atoms with van der Waals surface area (Å²) >= 11 is 0. The zero-order chi connectivity index (χ0) is 27.9. The molecule has 2 aromatic carbocycles. The van der Waals surface area contributed by atoms with E-state index in [4.69, 9.17) is 14.6 Å². The fourth-order valence-corrected chi connectivity index (χ4v) is 5.74. The quantitative estimate of drug-likeness (QED) is 0.305. The molecule has 1 unspecified atom stereocenters. The molecule has 0 amide bonds. The third kappa shape index (κ3) is 5.71. The molecule has 0 spiro atoms. The van der Waals surface area contributed by atoms with Crippen LogP contribution >= 0.6 is 0 Å². The van der Waals surface area contributed by atoms with E-state index in [2.05, 4.69) is 10.3 Å². The number of fused-ring (bicyclic) bond motifs is 2. The highest BCUT2D eigenvalue weighted by molar-refractivity contribution is 5.77. The molecule has 1 aliphatic carbocycles. The second-order valence-corrected chi connectivity index (χ2v) is 11.3. The molecule has 5 rings (SSSR count). The van der Waals surface area contributed by atoms with Crippen molar-refractivity contribution in [1.82, 2.24) is 4.98 Å². The van der Waals surface area contributed by atoms with Gasteiger partial charge in [-0.25, -0.2) is 9.37 Å². The Labute approximate surface area is 228 Å². The van der Waals surface area contributed by atoms with Crippen molar-refractivity contribution in [3.63, 3.8) is 0 Å². The van der Waals surface area contributed by atoms with E-state index < -0.39 is 11.6 Å². The number of nitrogens with zero attached hydrogens (tertiary/aromatic N) is 1. The smallest absolute Gasteiger partial charge is 0.304 e. The number of aliphatic hydroxyl groups is 1. The van der Waals surface area contributed by atoms with Crippen LogP contribution in [0.25, 0.3) is 11.1 Å². The molecular formula is C31H35FN2O5. The molecule has 8 heteroatoms. The first-order valence-electron chi connectivity index (χ1n) is 13.4. The van der Waals surface area contributed by atoms with Crippen molar-refractivity contribution in [2.24, 2.45) is 0 Å². The van der Waals surface area contributed by atoms with Crippen LogP contribution in [0.1, 0.15) is 72.9 Å². The average molecular weight is 535 g/mol. The summed E-state index contributed by atoms with van der Waals surface area (Å²) in [5, 5.41) is 22.5. The molecule has 7 nitrogen and oxygen atoms in total. The van der Waals surface area contributed by atoms with Gasteiger partial charge in [-0.2, -0.15) is 0 Å². The van der Waals surface area contributed by atoms with Crippen molar-refractivity contribution in [2.75, 3.05) is 18.5 Å². The number of benzene rings is 2. The number of carboxylic acid groups (broad SMARTS) is 1. The molecule has 3 aromatic rings. The molecule has 2 heterocycles. The lowest BCUT2D eigenvalue weighted by molar-refractivity contribution is -0.137. The minimum Gasteiger partial charge on any atom is -0.493 e. The van der Waals surface area contributed by atoms with E-state index in [0.29, 0.717) is 36.8 Å². The minimum absolute atomic E-state index is 0.00177. The van der Waals surface area contributed by atoms with Crippen molar-refractivity contribution < 1.29 is 28.9 Å². The molecule has 2 atom stereocenters. The van der Waals surface area contributed by atoms with Gasteiger partial charge in [0, 0.05) is 35.7 Å². The van der Waals surface area contributed by atoms with Crippen molar-refractivity contribution in [3.8, 4) is 22.6 Å². The Morgan fingerprint density at radius 2 is 1.97 bits per heavy atom.